The summed E-state index contributed by atoms with van der Waals surface area (Å²) >= 11 is 6.12. The molecule has 21 heavy (non-hydrogen) atoms. The van der Waals surface area contributed by atoms with Crippen LogP contribution in [0.1, 0.15) is 25.1 Å². The number of aryl methyl sites for hydroxylation is 1. The molecule has 0 saturated heterocycles. The van der Waals surface area contributed by atoms with Crippen LogP contribution in [0.25, 0.3) is 11.0 Å². The molecule has 110 valence electrons. The molecule has 0 radical (unpaired) electrons. The van der Waals surface area contributed by atoms with E-state index in [0.29, 0.717) is 11.7 Å². The molecule has 0 aliphatic carbocycles. The lowest BCUT2D eigenvalue weighted by molar-refractivity contribution is 0.795. The summed E-state index contributed by atoms with van der Waals surface area (Å²) in [6.45, 7) is 6.60. The van der Waals surface area contributed by atoms with Crippen LogP contribution in [-0.2, 0) is 6.54 Å². The quantitative estimate of drug-likeness (QED) is 0.736. The fourth-order valence-electron chi connectivity index (χ4n) is 2.13. The van der Waals surface area contributed by atoms with Crippen LogP contribution in [0.5, 0.6) is 0 Å². The van der Waals surface area contributed by atoms with E-state index in [0.717, 1.165) is 22.3 Å². The zero-order chi connectivity index (χ0) is 15.4. The van der Waals surface area contributed by atoms with Crippen LogP contribution in [0.4, 0.5) is 5.95 Å². The van der Waals surface area contributed by atoms with Gasteiger partial charge in [0, 0.05) is 12.4 Å². The predicted molar refractivity (Wildman–Crippen MR) is 86.4 cm³/mol. The number of fused-ring (bicyclic) bond motifs is 1. The summed E-state index contributed by atoms with van der Waals surface area (Å²) in [5.74, 6) is 0.179. The van der Waals surface area contributed by atoms with Crippen LogP contribution in [-0.4, -0.2) is 19.5 Å². The van der Waals surface area contributed by atoms with Crippen LogP contribution < -0.4 is 5.73 Å². The van der Waals surface area contributed by atoms with E-state index in [1.165, 1.54) is 0 Å². The number of nitrogens with two attached hydrogens (primary N) is 1. The Morgan fingerprint density at radius 1 is 1.24 bits per heavy atom. The van der Waals surface area contributed by atoms with Crippen molar-refractivity contribution in [2.75, 3.05) is 5.73 Å². The van der Waals surface area contributed by atoms with Crippen molar-refractivity contribution in [1.82, 2.24) is 19.5 Å². The van der Waals surface area contributed by atoms with Crippen LogP contribution in [0, 0.1) is 6.92 Å². The van der Waals surface area contributed by atoms with Gasteiger partial charge in [-0.15, -0.1) is 0 Å². The number of aromatic nitrogens is 4. The minimum atomic E-state index is 0.179. The second-order valence-corrected chi connectivity index (χ2v) is 4.69. The molecule has 6 heteroatoms. The number of anilines is 1. The van der Waals surface area contributed by atoms with Gasteiger partial charge in [0.15, 0.2) is 0 Å². The fourth-order valence-corrected chi connectivity index (χ4v) is 2.45. The zero-order valence-corrected chi connectivity index (χ0v) is 13.1. The Balaban J connectivity index is 0.000000774. The van der Waals surface area contributed by atoms with E-state index in [-0.39, 0.29) is 5.95 Å². The normalized spacial score (nSPS) is 10.3. The lowest BCUT2D eigenvalue weighted by Gasteiger charge is -2.04. The van der Waals surface area contributed by atoms with E-state index in [4.69, 9.17) is 17.3 Å². The number of halogens is 1. The van der Waals surface area contributed by atoms with Crippen molar-refractivity contribution in [1.29, 1.82) is 0 Å². The van der Waals surface area contributed by atoms with Gasteiger partial charge in [0.05, 0.1) is 17.6 Å². The number of pyridine rings is 1. The molecule has 0 saturated carbocycles. The molecule has 3 heterocycles. The van der Waals surface area contributed by atoms with E-state index in [9.17, 15) is 0 Å². The standard InChI is InChI=1S/C13H12ClN5.C2H6/c1-8-6-19(7-9-4-2-3-5-16-9)12-10(8)11(14)17-13(15)18-12;1-2/h2-6H,7H2,1H3,(H2,15,17,18);1-2H3. The van der Waals surface area contributed by atoms with Crippen LogP contribution >= 0.6 is 11.6 Å². The van der Waals surface area contributed by atoms with Gasteiger partial charge in [-0.3, -0.25) is 4.98 Å². The van der Waals surface area contributed by atoms with Gasteiger partial charge < -0.3 is 10.3 Å². The van der Waals surface area contributed by atoms with E-state index in [2.05, 4.69) is 15.0 Å². The molecular formula is C15H18ClN5. The molecule has 0 aliphatic rings. The van der Waals surface area contributed by atoms with Crippen LogP contribution in [0.2, 0.25) is 5.15 Å². The lowest BCUT2D eigenvalue weighted by Crippen LogP contribution is -2.03. The second kappa shape index (κ2) is 6.54. The first-order chi connectivity index (χ1) is 10.1. The molecule has 5 nitrogen and oxygen atoms in total. The van der Waals surface area contributed by atoms with Crippen LogP contribution in [0.3, 0.4) is 0 Å². The highest BCUT2D eigenvalue weighted by Crippen LogP contribution is 2.26. The summed E-state index contributed by atoms with van der Waals surface area (Å²) in [6.07, 6.45) is 3.75. The van der Waals surface area contributed by atoms with E-state index < -0.39 is 0 Å². The minimum absolute atomic E-state index is 0.179. The van der Waals surface area contributed by atoms with Crippen molar-refractivity contribution in [3.05, 3.63) is 47.0 Å². The summed E-state index contributed by atoms with van der Waals surface area (Å²) in [6, 6.07) is 5.81. The number of hydrogen-bond donors (Lipinski definition) is 1. The average Bonchev–Trinajstić information content (AvgIpc) is 2.78. The van der Waals surface area contributed by atoms with Gasteiger partial charge in [0.1, 0.15) is 10.8 Å². The van der Waals surface area contributed by atoms with Crippen molar-refractivity contribution in [3.63, 3.8) is 0 Å². The third kappa shape index (κ3) is 3.13. The van der Waals surface area contributed by atoms with Gasteiger partial charge in [-0.1, -0.05) is 31.5 Å². The van der Waals surface area contributed by atoms with Crippen LogP contribution in [0.15, 0.2) is 30.6 Å². The molecule has 0 aliphatic heterocycles. The molecule has 3 aromatic rings. The van der Waals surface area contributed by atoms with Crippen molar-refractivity contribution in [2.45, 2.75) is 27.3 Å². The highest BCUT2D eigenvalue weighted by atomic mass is 35.5. The largest absolute Gasteiger partial charge is 0.368 e. The van der Waals surface area contributed by atoms with E-state index in [1.807, 2.05) is 49.7 Å². The Labute approximate surface area is 128 Å². The van der Waals surface area contributed by atoms with Gasteiger partial charge in [0.25, 0.3) is 0 Å². The topological polar surface area (TPSA) is 69.6 Å². The Morgan fingerprint density at radius 2 is 2.00 bits per heavy atom. The van der Waals surface area contributed by atoms with Gasteiger partial charge in [-0.25, -0.2) is 4.98 Å². The number of hydrogen-bond acceptors (Lipinski definition) is 4. The molecule has 3 aromatic heterocycles. The fraction of sp³-hybridized carbons (Fsp3) is 0.267. The van der Waals surface area contributed by atoms with Gasteiger partial charge in [-0.05, 0) is 24.6 Å². The third-order valence-electron chi connectivity index (χ3n) is 2.94. The van der Waals surface area contributed by atoms with Crippen molar-refractivity contribution < 1.29 is 0 Å². The number of rotatable bonds is 2. The van der Waals surface area contributed by atoms with Crippen molar-refractivity contribution in [3.8, 4) is 0 Å². The van der Waals surface area contributed by atoms with Crippen molar-refractivity contribution >= 4 is 28.6 Å². The minimum Gasteiger partial charge on any atom is -0.368 e. The molecule has 0 aromatic carbocycles. The van der Waals surface area contributed by atoms with E-state index in [1.54, 1.807) is 6.20 Å². The number of nitrogen functional groups attached to an aromatic ring is 1. The Kier molecular flexibility index (Phi) is 4.75. The molecule has 3 rings (SSSR count). The molecule has 0 fully saturated rings. The molecule has 0 bridgehead atoms. The maximum atomic E-state index is 6.12. The van der Waals surface area contributed by atoms with Gasteiger partial charge in [-0.2, -0.15) is 4.98 Å². The number of nitrogens with zero attached hydrogens (tertiary/aromatic N) is 4. The van der Waals surface area contributed by atoms with Gasteiger partial charge in [0.2, 0.25) is 5.95 Å². The first-order valence-corrected chi connectivity index (χ1v) is 7.21. The first-order valence-electron chi connectivity index (χ1n) is 6.83. The monoisotopic (exact) mass is 303 g/mol. The summed E-state index contributed by atoms with van der Waals surface area (Å²) in [7, 11) is 0. The maximum absolute atomic E-state index is 6.12. The molecular weight excluding hydrogens is 286 g/mol. The Hall–Kier alpha value is -2.14. The Morgan fingerprint density at radius 3 is 2.67 bits per heavy atom. The molecule has 0 amide bonds. The second-order valence-electron chi connectivity index (χ2n) is 4.33. The lowest BCUT2D eigenvalue weighted by atomic mass is 10.3. The average molecular weight is 304 g/mol. The predicted octanol–water partition coefficient (Wildman–Crippen LogP) is 3.44. The Bertz CT molecular complexity index is 737. The summed E-state index contributed by atoms with van der Waals surface area (Å²) in [4.78, 5) is 12.6. The van der Waals surface area contributed by atoms with E-state index >= 15 is 0 Å². The molecule has 0 spiro atoms. The molecule has 0 atom stereocenters. The van der Waals surface area contributed by atoms with Crippen molar-refractivity contribution in [2.24, 2.45) is 0 Å². The highest BCUT2D eigenvalue weighted by Gasteiger charge is 2.13. The summed E-state index contributed by atoms with van der Waals surface area (Å²) < 4.78 is 1.98. The third-order valence-corrected chi connectivity index (χ3v) is 3.21. The molecule has 0 unspecified atom stereocenters. The smallest absolute Gasteiger partial charge is 0.223 e. The zero-order valence-electron chi connectivity index (χ0n) is 12.3. The van der Waals surface area contributed by atoms with Gasteiger partial charge >= 0.3 is 0 Å². The summed E-state index contributed by atoms with van der Waals surface area (Å²) in [5, 5.41) is 1.23. The SMILES string of the molecule is CC.Cc1cn(Cc2ccccn2)c2nc(N)nc(Cl)c12. The maximum Gasteiger partial charge on any atom is 0.223 e. The first kappa shape index (κ1) is 15.3. The summed E-state index contributed by atoms with van der Waals surface area (Å²) in [5.41, 5.74) is 8.37. The molecule has 2 N–H and O–H groups in total. The highest BCUT2D eigenvalue weighted by molar-refractivity contribution is 6.34.